The molecule has 0 aliphatic carbocycles. The SMILES string of the molecule is O=C(COc1ccc(-c2cc3ccccc3oc2=O)cc1)N[C@@H]1CCS(=O)(=O)C1. The molecule has 1 N–H and O–H groups in total. The minimum Gasteiger partial charge on any atom is -0.484 e. The van der Waals surface area contributed by atoms with Crippen LogP contribution in [0.2, 0.25) is 0 Å². The van der Waals surface area contributed by atoms with E-state index in [4.69, 9.17) is 9.15 Å². The highest BCUT2D eigenvalue weighted by molar-refractivity contribution is 7.91. The van der Waals surface area contributed by atoms with E-state index in [-0.39, 0.29) is 30.1 Å². The summed E-state index contributed by atoms with van der Waals surface area (Å²) in [6.07, 6.45) is 0.428. The Bertz CT molecular complexity index is 1210. The molecule has 2 heterocycles. The molecule has 1 amide bonds. The molecule has 0 saturated carbocycles. The van der Waals surface area contributed by atoms with E-state index >= 15 is 0 Å². The number of fused-ring (bicyclic) bond motifs is 1. The molecule has 1 fully saturated rings. The first-order valence-corrected chi connectivity index (χ1v) is 11.0. The summed E-state index contributed by atoms with van der Waals surface area (Å²) in [6.45, 7) is -0.214. The summed E-state index contributed by atoms with van der Waals surface area (Å²) < 4.78 is 33.7. The van der Waals surface area contributed by atoms with Crippen LogP contribution in [0.1, 0.15) is 6.42 Å². The first-order chi connectivity index (χ1) is 13.9. The van der Waals surface area contributed by atoms with Crippen molar-refractivity contribution in [3.05, 3.63) is 65.0 Å². The third-order valence-electron chi connectivity index (χ3n) is 4.77. The van der Waals surface area contributed by atoms with Gasteiger partial charge in [0.05, 0.1) is 17.1 Å². The number of ether oxygens (including phenoxy) is 1. The van der Waals surface area contributed by atoms with Crippen LogP contribution >= 0.6 is 0 Å². The molecule has 29 heavy (non-hydrogen) atoms. The van der Waals surface area contributed by atoms with Gasteiger partial charge < -0.3 is 14.5 Å². The van der Waals surface area contributed by atoms with Gasteiger partial charge in [0.1, 0.15) is 11.3 Å². The third kappa shape index (κ3) is 4.48. The van der Waals surface area contributed by atoms with Gasteiger partial charge in [0, 0.05) is 11.4 Å². The van der Waals surface area contributed by atoms with Gasteiger partial charge in [0.25, 0.3) is 5.91 Å². The summed E-state index contributed by atoms with van der Waals surface area (Å²) in [5.74, 6) is 0.171. The number of carbonyl (C=O) groups excluding carboxylic acids is 1. The van der Waals surface area contributed by atoms with Crippen molar-refractivity contribution in [1.29, 1.82) is 0 Å². The maximum absolute atomic E-state index is 12.3. The highest BCUT2D eigenvalue weighted by atomic mass is 32.2. The van der Waals surface area contributed by atoms with Crippen LogP contribution in [-0.2, 0) is 14.6 Å². The quantitative estimate of drug-likeness (QED) is 0.643. The Morgan fingerprint density at radius 3 is 2.62 bits per heavy atom. The predicted molar refractivity (Wildman–Crippen MR) is 109 cm³/mol. The molecule has 8 heteroatoms. The summed E-state index contributed by atoms with van der Waals surface area (Å²) >= 11 is 0. The van der Waals surface area contributed by atoms with E-state index in [1.165, 1.54) is 0 Å². The lowest BCUT2D eigenvalue weighted by Crippen LogP contribution is -2.38. The van der Waals surface area contributed by atoms with Gasteiger partial charge in [0.15, 0.2) is 16.4 Å². The van der Waals surface area contributed by atoms with Gasteiger partial charge in [0.2, 0.25) is 0 Å². The molecule has 4 rings (SSSR count). The highest BCUT2D eigenvalue weighted by Crippen LogP contribution is 2.23. The van der Waals surface area contributed by atoms with E-state index in [1.807, 2.05) is 12.1 Å². The van der Waals surface area contributed by atoms with E-state index < -0.39 is 15.5 Å². The molecule has 0 spiro atoms. The topological polar surface area (TPSA) is 103 Å². The molecule has 3 aromatic rings. The number of hydrogen-bond acceptors (Lipinski definition) is 6. The van der Waals surface area contributed by atoms with Crippen LogP contribution in [0.4, 0.5) is 0 Å². The Balaban J connectivity index is 1.40. The smallest absolute Gasteiger partial charge is 0.344 e. The van der Waals surface area contributed by atoms with Gasteiger partial charge in [-0.1, -0.05) is 30.3 Å². The number of nitrogens with one attached hydrogen (secondary N) is 1. The molecular weight excluding hydrogens is 394 g/mol. The zero-order valence-electron chi connectivity index (χ0n) is 15.5. The van der Waals surface area contributed by atoms with Crippen LogP contribution in [0.3, 0.4) is 0 Å². The fourth-order valence-corrected chi connectivity index (χ4v) is 4.99. The minimum absolute atomic E-state index is 0.0260. The summed E-state index contributed by atoms with van der Waals surface area (Å²) in [7, 11) is -3.05. The van der Waals surface area contributed by atoms with Crippen molar-refractivity contribution < 1.29 is 22.4 Å². The fourth-order valence-electron chi connectivity index (χ4n) is 3.32. The largest absolute Gasteiger partial charge is 0.484 e. The minimum atomic E-state index is -3.05. The second-order valence-electron chi connectivity index (χ2n) is 6.97. The van der Waals surface area contributed by atoms with Gasteiger partial charge in [-0.3, -0.25) is 4.79 Å². The lowest BCUT2D eigenvalue weighted by atomic mass is 10.1. The average molecular weight is 413 g/mol. The standard InChI is InChI=1S/C21H19NO6S/c23-20(22-16-9-10-29(25,26)13-16)12-27-17-7-5-14(6-8-17)18-11-15-3-1-2-4-19(15)28-21(18)24/h1-8,11,16H,9-10,12-13H2,(H,22,23)/t16-/m1/s1. The van der Waals surface area contributed by atoms with Crippen LogP contribution in [0.5, 0.6) is 5.75 Å². The van der Waals surface area contributed by atoms with Gasteiger partial charge in [-0.15, -0.1) is 0 Å². The molecule has 0 radical (unpaired) electrons. The molecular formula is C21H19NO6S. The van der Waals surface area contributed by atoms with Crippen molar-refractivity contribution in [1.82, 2.24) is 5.32 Å². The zero-order chi connectivity index (χ0) is 20.4. The molecule has 1 aromatic heterocycles. The summed E-state index contributed by atoms with van der Waals surface area (Å²) in [4.78, 5) is 24.2. The number of benzene rings is 2. The van der Waals surface area contributed by atoms with Crippen molar-refractivity contribution in [2.45, 2.75) is 12.5 Å². The molecule has 1 saturated heterocycles. The Labute approximate surface area is 167 Å². The van der Waals surface area contributed by atoms with Crippen molar-refractivity contribution in [3.8, 4) is 16.9 Å². The van der Waals surface area contributed by atoms with Crippen molar-refractivity contribution in [2.24, 2.45) is 0 Å². The van der Waals surface area contributed by atoms with Crippen molar-refractivity contribution in [3.63, 3.8) is 0 Å². The molecule has 1 atom stereocenters. The molecule has 1 aliphatic heterocycles. The molecule has 7 nitrogen and oxygen atoms in total. The number of carbonyl (C=O) groups is 1. The Kier molecular flexibility index (Phi) is 5.10. The van der Waals surface area contributed by atoms with Gasteiger partial charge in [-0.2, -0.15) is 0 Å². The first kappa shape index (κ1) is 19.2. The maximum Gasteiger partial charge on any atom is 0.344 e. The van der Waals surface area contributed by atoms with Crippen LogP contribution in [0.15, 0.2) is 63.8 Å². The lowest BCUT2D eigenvalue weighted by Gasteiger charge is -2.12. The number of para-hydroxylation sites is 1. The van der Waals surface area contributed by atoms with Crippen LogP contribution < -0.4 is 15.7 Å². The van der Waals surface area contributed by atoms with Gasteiger partial charge in [-0.05, 0) is 36.2 Å². The second kappa shape index (κ2) is 7.71. The maximum atomic E-state index is 12.3. The van der Waals surface area contributed by atoms with Crippen LogP contribution in [0.25, 0.3) is 22.1 Å². The van der Waals surface area contributed by atoms with Crippen LogP contribution in [-0.4, -0.2) is 38.5 Å². The summed E-state index contributed by atoms with van der Waals surface area (Å²) in [6, 6.07) is 15.5. The lowest BCUT2D eigenvalue weighted by molar-refractivity contribution is -0.123. The second-order valence-corrected chi connectivity index (χ2v) is 9.19. The third-order valence-corrected chi connectivity index (χ3v) is 6.54. The normalized spacial score (nSPS) is 17.9. The average Bonchev–Trinajstić information content (AvgIpc) is 3.04. The van der Waals surface area contributed by atoms with E-state index in [0.29, 0.717) is 28.9 Å². The monoisotopic (exact) mass is 413 g/mol. The number of sulfone groups is 1. The molecule has 150 valence electrons. The molecule has 0 unspecified atom stereocenters. The van der Waals surface area contributed by atoms with Crippen LogP contribution in [0, 0.1) is 0 Å². The van der Waals surface area contributed by atoms with E-state index in [9.17, 15) is 18.0 Å². The molecule has 0 bridgehead atoms. The number of hydrogen-bond donors (Lipinski definition) is 1. The molecule has 1 aliphatic rings. The van der Waals surface area contributed by atoms with Crippen molar-refractivity contribution >= 4 is 26.7 Å². The molecule has 2 aromatic carbocycles. The van der Waals surface area contributed by atoms with E-state index in [1.54, 1.807) is 42.5 Å². The highest BCUT2D eigenvalue weighted by Gasteiger charge is 2.28. The summed E-state index contributed by atoms with van der Waals surface area (Å²) in [5.41, 5.74) is 1.22. The van der Waals surface area contributed by atoms with Crippen molar-refractivity contribution in [2.75, 3.05) is 18.1 Å². The van der Waals surface area contributed by atoms with Gasteiger partial charge in [-0.25, -0.2) is 13.2 Å². The summed E-state index contributed by atoms with van der Waals surface area (Å²) in [5, 5.41) is 3.50. The number of amides is 1. The van der Waals surface area contributed by atoms with Gasteiger partial charge >= 0.3 is 5.63 Å². The van der Waals surface area contributed by atoms with E-state index in [0.717, 1.165) is 5.39 Å². The Morgan fingerprint density at radius 2 is 1.90 bits per heavy atom. The zero-order valence-corrected chi connectivity index (χ0v) is 16.3. The Morgan fingerprint density at radius 1 is 1.14 bits per heavy atom. The predicted octanol–water partition coefficient (Wildman–Crippen LogP) is 2.14. The first-order valence-electron chi connectivity index (χ1n) is 9.15. The Hall–Kier alpha value is -3.13. The van der Waals surface area contributed by atoms with E-state index in [2.05, 4.69) is 5.32 Å². The number of rotatable bonds is 5. The fraction of sp³-hybridized carbons (Fsp3) is 0.238.